The standard InChI is InChI=1S/C8H5N3/c1-6-7(2-9)4-11-5-8(6)3-10/h4-5H,1H3. The van der Waals surface area contributed by atoms with Gasteiger partial charge in [-0.3, -0.25) is 4.98 Å². The van der Waals surface area contributed by atoms with Crippen molar-refractivity contribution in [2.24, 2.45) is 0 Å². The Morgan fingerprint density at radius 2 is 1.64 bits per heavy atom. The van der Waals surface area contributed by atoms with Crippen molar-refractivity contribution in [2.45, 2.75) is 6.92 Å². The van der Waals surface area contributed by atoms with Gasteiger partial charge in [0.15, 0.2) is 0 Å². The third-order valence-corrected chi connectivity index (χ3v) is 1.46. The van der Waals surface area contributed by atoms with Crippen LogP contribution in [0.25, 0.3) is 0 Å². The molecular formula is C8H5N3. The molecule has 0 saturated carbocycles. The molecule has 1 heterocycles. The van der Waals surface area contributed by atoms with Crippen molar-refractivity contribution in [1.29, 1.82) is 10.5 Å². The molecule has 3 heteroatoms. The Morgan fingerprint density at radius 1 is 1.18 bits per heavy atom. The minimum Gasteiger partial charge on any atom is -0.262 e. The topological polar surface area (TPSA) is 60.5 Å². The van der Waals surface area contributed by atoms with E-state index in [1.165, 1.54) is 12.4 Å². The molecule has 0 unspecified atom stereocenters. The average Bonchev–Trinajstić information content (AvgIpc) is 2.05. The molecule has 0 saturated heterocycles. The van der Waals surface area contributed by atoms with Gasteiger partial charge in [0.2, 0.25) is 0 Å². The molecule has 0 aliphatic rings. The number of rotatable bonds is 0. The Kier molecular flexibility index (Phi) is 1.85. The molecular weight excluding hydrogens is 138 g/mol. The number of hydrogen-bond acceptors (Lipinski definition) is 3. The molecule has 3 nitrogen and oxygen atoms in total. The monoisotopic (exact) mass is 143 g/mol. The van der Waals surface area contributed by atoms with Crippen molar-refractivity contribution < 1.29 is 0 Å². The summed E-state index contributed by atoms with van der Waals surface area (Å²) in [4.78, 5) is 3.74. The molecule has 0 fully saturated rings. The van der Waals surface area contributed by atoms with Crippen LogP contribution in [0.15, 0.2) is 12.4 Å². The maximum absolute atomic E-state index is 8.54. The first-order chi connectivity index (χ1) is 5.29. The predicted molar refractivity (Wildman–Crippen MR) is 38.4 cm³/mol. The van der Waals surface area contributed by atoms with Gasteiger partial charge < -0.3 is 0 Å². The largest absolute Gasteiger partial charge is 0.262 e. The highest BCUT2D eigenvalue weighted by Gasteiger charge is 2.01. The fourth-order valence-corrected chi connectivity index (χ4v) is 0.751. The first-order valence-corrected chi connectivity index (χ1v) is 3.04. The van der Waals surface area contributed by atoms with E-state index in [2.05, 4.69) is 4.98 Å². The van der Waals surface area contributed by atoms with E-state index in [9.17, 15) is 0 Å². The van der Waals surface area contributed by atoms with Gasteiger partial charge in [-0.2, -0.15) is 10.5 Å². The Balaban J connectivity index is 3.38. The maximum atomic E-state index is 8.54. The summed E-state index contributed by atoms with van der Waals surface area (Å²) >= 11 is 0. The summed E-state index contributed by atoms with van der Waals surface area (Å²) in [6.07, 6.45) is 2.91. The lowest BCUT2D eigenvalue weighted by Gasteiger charge is -1.95. The second kappa shape index (κ2) is 2.81. The Bertz CT molecular complexity index is 322. The average molecular weight is 143 g/mol. The van der Waals surface area contributed by atoms with Gasteiger partial charge in [-0.1, -0.05) is 0 Å². The van der Waals surface area contributed by atoms with Crippen LogP contribution in [0.1, 0.15) is 16.7 Å². The molecule has 0 spiro atoms. The van der Waals surface area contributed by atoms with Gasteiger partial charge >= 0.3 is 0 Å². The normalized spacial score (nSPS) is 8.27. The zero-order valence-electron chi connectivity index (χ0n) is 6.00. The van der Waals surface area contributed by atoms with Gasteiger partial charge in [-0.15, -0.1) is 0 Å². The van der Waals surface area contributed by atoms with Crippen molar-refractivity contribution in [1.82, 2.24) is 4.98 Å². The minimum atomic E-state index is 0.462. The van der Waals surface area contributed by atoms with Crippen molar-refractivity contribution in [2.75, 3.05) is 0 Å². The predicted octanol–water partition coefficient (Wildman–Crippen LogP) is 1.13. The lowest BCUT2D eigenvalue weighted by Crippen LogP contribution is -1.89. The summed E-state index contributed by atoms with van der Waals surface area (Å²) in [5, 5.41) is 17.1. The molecule has 1 aromatic rings. The highest BCUT2D eigenvalue weighted by molar-refractivity contribution is 5.44. The molecule has 0 amide bonds. The second-order valence-electron chi connectivity index (χ2n) is 2.08. The van der Waals surface area contributed by atoms with Crippen LogP contribution in [-0.4, -0.2) is 4.98 Å². The van der Waals surface area contributed by atoms with Gasteiger partial charge in [0.25, 0.3) is 0 Å². The highest BCUT2D eigenvalue weighted by atomic mass is 14.6. The third-order valence-electron chi connectivity index (χ3n) is 1.46. The Labute approximate surface area is 64.5 Å². The first kappa shape index (κ1) is 7.24. The molecule has 1 aromatic heterocycles. The maximum Gasteiger partial charge on any atom is 0.101 e. The fraction of sp³-hybridized carbons (Fsp3) is 0.125. The highest BCUT2D eigenvalue weighted by Crippen LogP contribution is 2.08. The van der Waals surface area contributed by atoms with E-state index in [1.54, 1.807) is 6.92 Å². The quantitative estimate of drug-likeness (QED) is 0.547. The number of aromatic nitrogens is 1. The summed E-state index contributed by atoms with van der Waals surface area (Å²) in [6.45, 7) is 1.73. The van der Waals surface area contributed by atoms with Gasteiger partial charge in [0.05, 0.1) is 11.1 Å². The zero-order valence-corrected chi connectivity index (χ0v) is 6.00. The molecule has 1 rings (SSSR count). The smallest absolute Gasteiger partial charge is 0.101 e. The number of nitrogens with zero attached hydrogens (tertiary/aromatic N) is 3. The second-order valence-corrected chi connectivity index (χ2v) is 2.08. The van der Waals surface area contributed by atoms with E-state index < -0.39 is 0 Å². The molecule has 0 aliphatic heterocycles. The SMILES string of the molecule is Cc1c(C#N)cncc1C#N. The Hall–Kier alpha value is -1.87. The molecule has 0 N–H and O–H groups in total. The zero-order chi connectivity index (χ0) is 8.27. The van der Waals surface area contributed by atoms with Crippen LogP contribution < -0.4 is 0 Å². The van der Waals surface area contributed by atoms with Crippen LogP contribution in [0.5, 0.6) is 0 Å². The molecule has 52 valence electrons. The van der Waals surface area contributed by atoms with E-state index in [0.717, 1.165) is 0 Å². The summed E-state index contributed by atoms with van der Waals surface area (Å²) in [6, 6.07) is 3.91. The molecule has 0 radical (unpaired) electrons. The van der Waals surface area contributed by atoms with Crippen molar-refractivity contribution in [3.05, 3.63) is 29.1 Å². The fourth-order valence-electron chi connectivity index (χ4n) is 0.751. The lowest BCUT2D eigenvalue weighted by molar-refractivity contribution is 1.23. The van der Waals surface area contributed by atoms with E-state index in [0.29, 0.717) is 16.7 Å². The van der Waals surface area contributed by atoms with Gasteiger partial charge in [0, 0.05) is 12.4 Å². The van der Waals surface area contributed by atoms with Crippen LogP contribution in [0, 0.1) is 29.6 Å². The van der Waals surface area contributed by atoms with Crippen LogP contribution in [-0.2, 0) is 0 Å². The molecule has 0 aromatic carbocycles. The van der Waals surface area contributed by atoms with Crippen molar-refractivity contribution >= 4 is 0 Å². The minimum absolute atomic E-state index is 0.462. The van der Waals surface area contributed by atoms with Crippen molar-refractivity contribution in [3.8, 4) is 12.1 Å². The molecule has 11 heavy (non-hydrogen) atoms. The molecule has 0 aliphatic carbocycles. The first-order valence-electron chi connectivity index (χ1n) is 3.04. The Morgan fingerprint density at radius 3 is 2.00 bits per heavy atom. The third kappa shape index (κ3) is 1.17. The summed E-state index contributed by atoms with van der Waals surface area (Å²) in [5.74, 6) is 0. The summed E-state index contributed by atoms with van der Waals surface area (Å²) in [5.41, 5.74) is 1.62. The van der Waals surface area contributed by atoms with E-state index in [1.807, 2.05) is 12.1 Å². The molecule has 0 atom stereocenters. The van der Waals surface area contributed by atoms with Crippen LogP contribution in [0.2, 0.25) is 0 Å². The number of hydrogen-bond donors (Lipinski definition) is 0. The van der Waals surface area contributed by atoms with Crippen LogP contribution in [0.3, 0.4) is 0 Å². The summed E-state index contributed by atoms with van der Waals surface area (Å²) < 4.78 is 0. The number of nitriles is 2. The lowest BCUT2D eigenvalue weighted by atomic mass is 10.1. The van der Waals surface area contributed by atoms with Crippen LogP contribution in [0.4, 0.5) is 0 Å². The van der Waals surface area contributed by atoms with E-state index >= 15 is 0 Å². The van der Waals surface area contributed by atoms with Gasteiger partial charge in [-0.25, -0.2) is 0 Å². The van der Waals surface area contributed by atoms with Crippen molar-refractivity contribution in [3.63, 3.8) is 0 Å². The van der Waals surface area contributed by atoms with E-state index in [4.69, 9.17) is 10.5 Å². The van der Waals surface area contributed by atoms with Gasteiger partial charge in [-0.05, 0) is 12.5 Å². The molecule has 0 bridgehead atoms. The number of pyridine rings is 1. The summed E-state index contributed by atoms with van der Waals surface area (Å²) in [7, 11) is 0. The van der Waals surface area contributed by atoms with Crippen LogP contribution >= 0.6 is 0 Å². The van der Waals surface area contributed by atoms with Gasteiger partial charge in [0.1, 0.15) is 12.1 Å². The van der Waals surface area contributed by atoms with E-state index in [-0.39, 0.29) is 0 Å².